The van der Waals surface area contributed by atoms with Gasteiger partial charge in [-0.25, -0.2) is 4.98 Å². The monoisotopic (exact) mass is 293 g/mol. The predicted octanol–water partition coefficient (Wildman–Crippen LogP) is 2.48. The summed E-state index contributed by atoms with van der Waals surface area (Å²) in [6, 6.07) is 0. The van der Waals surface area contributed by atoms with E-state index >= 15 is 0 Å². The Morgan fingerprint density at radius 1 is 1.50 bits per heavy atom. The first kappa shape index (κ1) is 14.0. The number of rotatable bonds is 2. The Labute approximate surface area is 124 Å². The van der Waals surface area contributed by atoms with E-state index in [0.29, 0.717) is 16.3 Å². The van der Waals surface area contributed by atoms with Gasteiger partial charge in [-0.05, 0) is 31.7 Å². The molecule has 3 rings (SSSR count). The number of carbonyl (C=O) groups excluding carboxylic acids is 1. The number of piperidine rings is 1. The maximum Gasteiger partial charge on any atom is 0.282 e. The van der Waals surface area contributed by atoms with Crippen LogP contribution in [0.4, 0.5) is 0 Å². The van der Waals surface area contributed by atoms with E-state index in [4.69, 9.17) is 0 Å². The van der Waals surface area contributed by atoms with Gasteiger partial charge < -0.3 is 10.2 Å². The molecule has 5 heteroatoms. The van der Waals surface area contributed by atoms with Crippen LogP contribution in [-0.2, 0) is 0 Å². The minimum absolute atomic E-state index is 0.132. The third-order valence-corrected chi connectivity index (χ3v) is 5.43. The van der Waals surface area contributed by atoms with Crippen molar-refractivity contribution >= 4 is 17.2 Å². The molecule has 1 N–H and O–H groups in total. The van der Waals surface area contributed by atoms with Gasteiger partial charge in [-0.15, -0.1) is 11.3 Å². The van der Waals surface area contributed by atoms with Crippen LogP contribution in [-0.4, -0.2) is 42.0 Å². The highest BCUT2D eigenvalue weighted by atomic mass is 32.1. The highest BCUT2D eigenvalue weighted by molar-refractivity contribution is 7.11. The summed E-state index contributed by atoms with van der Waals surface area (Å²) in [5.41, 5.74) is 1.36. The van der Waals surface area contributed by atoms with Crippen LogP contribution in [0.5, 0.6) is 0 Å². The molecule has 1 aromatic heterocycles. The van der Waals surface area contributed by atoms with Crippen molar-refractivity contribution in [3.05, 3.63) is 16.1 Å². The molecule has 2 aliphatic rings. The van der Waals surface area contributed by atoms with E-state index in [9.17, 15) is 4.79 Å². The zero-order valence-corrected chi connectivity index (χ0v) is 13.1. The van der Waals surface area contributed by atoms with Crippen molar-refractivity contribution in [3.8, 4) is 0 Å². The van der Waals surface area contributed by atoms with Crippen molar-refractivity contribution in [1.82, 2.24) is 15.2 Å². The molecule has 0 bridgehead atoms. The van der Waals surface area contributed by atoms with Gasteiger partial charge in [0, 0.05) is 30.4 Å². The number of carbonyl (C=O) groups is 1. The Bertz CT molecular complexity index is 491. The largest absolute Gasteiger partial charge is 0.336 e. The molecule has 0 radical (unpaired) electrons. The first-order valence-electron chi connectivity index (χ1n) is 7.55. The first-order valence-corrected chi connectivity index (χ1v) is 8.43. The van der Waals surface area contributed by atoms with Crippen LogP contribution in [0.2, 0.25) is 0 Å². The second-order valence-electron chi connectivity index (χ2n) is 6.49. The fraction of sp³-hybridized carbons (Fsp3) is 0.733. The Morgan fingerprint density at radius 2 is 2.35 bits per heavy atom. The lowest BCUT2D eigenvalue weighted by atomic mass is 9.79. The number of aromatic nitrogens is 1. The molecule has 0 aliphatic carbocycles. The van der Waals surface area contributed by atoms with E-state index in [1.807, 2.05) is 10.3 Å². The molecule has 2 saturated heterocycles. The van der Waals surface area contributed by atoms with Gasteiger partial charge in [-0.1, -0.05) is 13.8 Å². The number of hydrogen-bond donors (Lipinski definition) is 1. The van der Waals surface area contributed by atoms with Crippen LogP contribution in [0, 0.1) is 5.41 Å². The average Bonchev–Trinajstić information content (AvgIpc) is 3.08. The highest BCUT2D eigenvalue weighted by Gasteiger charge is 2.39. The molecule has 2 fully saturated rings. The summed E-state index contributed by atoms with van der Waals surface area (Å²) >= 11 is 1.49. The van der Waals surface area contributed by atoms with Crippen molar-refractivity contribution in [2.24, 2.45) is 5.41 Å². The minimum Gasteiger partial charge on any atom is -0.336 e. The van der Waals surface area contributed by atoms with E-state index in [2.05, 4.69) is 24.1 Å². The number of thiazole rings is 1. The van der Waals surface area contributed by atoms with Crippen molar-refractivity contribution in [1.29, 1.82) is 0 Å². The zero-order chi connectivity index (χ0) is 14.2. The third-order valence-electron chi connectivity index (χ3n) is 4.58. The summed E-state index contributed by atoms with van der Waals surface area (Å²) in [7, 11) is 0. The molecule has 1 amide bonds. The molecule has 0 saturated carbocycles. The predicted molar refractivity (Wildman–Crippen MR) is 81.3 cm³/mol. The Hall–Kier alpha value is -0.940. The Morgan fingerprint density at radius 3 is 3.00 bits per heavy atom. The highest BCUT2D eigenvalue weighted by Crippen LogP contribution is 2.36. The lowest BCUT2D eigenvalue weighted by Gasteiger charge is -2.39. The number of nitrogens with one attached hydrogen (secondary N) is 1. The van der Waals surface area contributed by atoms with E-state index in [-0.39, 0.29) is 5.91 Å². The summed E-state index contributed by atoms with van der Waals surface area (Å²) in [6.07, 6.45) is 3.57. The topological polar surface area (TPSA) is 45.2 Å². The summed E-state index contributed by atoms with van der Waals surface area (Å²) in [4.78, 5) is 19.2. The standard InChI is InChI=1S/C15H23N3OS/c1-11(2)12-8-20-13(17-12)14(19)18-7-3-4-15(10-18)5-6-16-9-15/h8,11,16H,3-7,9-10H2,1-2H3. The average molecular weight is 293 g/mol. The molecule has 110 valence electrons. The maximum absolute atomic E-state index is 12.6. The normalized spacial score (nSPS) is 26.6. The van der Waals surface area contributed by atoms with Crippen molar-refractivity contribution < 1.29 is 4.79 Å². The van der Waals surface area contributed by atoms with Crippen LogP contribution in [0.3, 0.4) is 0 Å². The molecule has 1 spiro atoms. The second-order valence-corrected chi connectivity index (χ2v) is 7.35. The van der Waals surface area contributed by atoms with Crippen LogP contribution >= 0.6 is 11.3 Å². The molecule has 0 aromatic carbocycles. The number of nitrogens with zero attached hydrogens (tertiary/aromatic N) is 2. The van der Waals surface area contributed by atoms with Crippen molar-refractivity contribution in [2.45, 2.75) is 39.0 Å². The number of likely N-dealkylation sites (tertiary alicyclic amines) is 1. The summed E-state index contributed by atoms with van der Waals surface area (Å²) in [5, 5.41) is 6.14. The van der Waals surface area contributed by atoms with Crippen molar-refractivity contribution in [2.75, 3.05) is 26.2 Å². The maximum atomic E-state index is 12.6. The van der Waals surface area contributed by atoms with E-state index < -0.39 is 0 Å². The van der Waals surface area contributed by atoms with Crippen LogP contribution < -0.4 is 5.32 Å². The molecule has 20 heavy (non-hydrogen) atoms. The van der Waals surface area contributed by atoms with Gasteiger partial charge in [-0.3, -0.25) is 4.79 Å². The summed E-state index contributed by atoms with van der Waals surface area (Å²) in [5.74, 6) is 0.521. The smallest absolute Gasteiger partial charge is 0.282 e. The molecular formula is C15H23N3OS. The molecule has 1 unspecified atom stereocenters. The molecule has 3 heterocycles. The van der Waals surface area contributed by atoms with Gasteiger partial charge in [0.2, 0.25) is 0 Å². The van der Waals surface area contributed by atoms with Crippen LogP contribution in [0.1, 0.15) is 54.5 Å². The van der Waals surface area contributed by atoms with Gasteiger partial charge >= 0.3 is 0 Å². The van der Waals surface area contributed by atoms with Gasteiger partial charge in [0.15, 0.2) is 5.01 Å². The van der Waals surface area contributed by atoms with E-state index in [1.54, 1.807) is 0 Å². The number of amides is 1. The molecule has 4 nitrogen and oxygen atoms in total. The Balaban J connectivity index is 1.72. The van der Waals surface area contributed by atoms with Crippen LogP contribution in [0.25, 0.3) is 0 Å². The lowest BCUT2D eigenvalue weighted by Crippen LogP contribution is -2.47. The summed E-state index contributed by atoms with van der Waals surface area (Å²) in [6.45, 7) is 8.17. The molecular weight excluding hydrogens is 270 g/mol. The van der Waals surface area contributed by atoms with E-state index in [0.717, 1.165) is 38.3 Å². The molecule has 1 atom stereocenters. The lowest BCUT2D eigenvalue weighted by molar-refractivity contribution is 0.0553. The van der Waals surface area contributed by atoms with E-state index in [1.165, 1.54) is 24.2 Å². The van der Waals surface area contributed by atoms with Gasteiger partial charge in [0.25, 0.3) is 5.91 Å². The van der Waals surface area contributed by atoms with Gasteiger partial charge in [-0.2, -0.15) is 0 Å². The molecule has 1 aromatic rings. The summed E-state index contributed by atoms with van der Waals surface area (Å²) < 4.78 is 0. The van der Waals surface area contributed by atoms with Gasteiger partial charge in [0.1, 0.15) is 0 Å². The SMILES string of the molecule is CC(C)c1csc(C(=O)N2CCCC3(CCNC3)C2)n1. The zero-order valence-electron chi connectivity index (χ0n) is 12.3. The quantitative estimate of drug-likeness (QED) is 0.911. The fourth-order valence-electron chi connectivity index (χ4n) is 3.31. The molecule has 2 aliphatic heterocycles. The van der Waals surface area contributed by atoms with Gasteiger partial charge in [0.05, 0.1) is 5.69 Å². The minimum atomic E-state index is 0.132. The third kappa shape index (κ3) is 2.61. The Kier molecular flexibility index (Phi) is 3.82. The second kappa shape index (κ2) is 5.45. The first-order chi connectivity index (χ1) is 9.60. The van der Waals surface area contributed by atoms with Crippen LogP contribution in [0.15, 0.2) is 5.38 Å². The fourth-order valence-corrected chi connectivity index (χ4v) is 4.26. The van der Waals surface area contributed by atoms with Crippen molar-refractivity contribution in [3.63, 3.8) is 0 Å². The number of hydrogen-bond acceptors (Lipinski definition) is 4.